The van der Waals surface area contributed by atoms with Gasteiger partial charge in [0.05, 0.1) is 0 Å². The number of rotatable bonds is 4. The van der Waals surface area contributed by atoms with Gasteiger partial charge in [0.25, 0.3) is 0 Å². The summed E-state index contributed by atoms with van der Waals surface area (Å²) in [5.74, 6) is 1.58. The average molecular weight is 196 g/mol. The summed E-state index contributed by atoms with van der Waals surface area (Å²) < 4.78 is 0. The number of hydrogen-bond donors (Lipinski definition) is 0. The summed E-state index contributed by atoms with van der Waals surface area (Å²) in [6, 6.07) is 0. The highest BCUT2D eigenvalue weighted by atomic mass is 16.2. The van der Waals surface area contributed by atoms with E-state index in [1.54, 1.807) is 0 Å². The zero-order chi connectivity index (χ0) is 10.6. The normalized spacial score (nSPS) is 25.1. The quantitative estimate of drug-likeness (QED) is 0.677. The summed E-state index contributed by atoms with van der Waals surface area (Å²) in [5.41, 5.74) is 0. The molecule has 80 valence electrons. The largest absolute Gasteiger partial charge is 0.300 e. The van der Waals surface area contributed by atoms with Gasteiger partial charge >= 0.3 is 0 Å². The van der Waals surface area contributed by atoms with Crippen molar-refractivity contribution in [1.29, 1.82) is 0 Å². The van der Waals surface area contributed by atoms with Gasteiger partial charge in [0.15, 0.2) is 0 Å². The molecule has 0 aromatic heterocycles. The SMILES string of the molecule is CCCN=C1C(C)CC(=O)N1CCC. The van der Waals surface area contributed by atoms with E-state index in [0.29, 0.717) is 12.3 Å². The van der Waals surface area contributed by atoms with Crippen LogP contribution in [0.25, 0.3) is 0 Å². The minimum Gasteiger partial charge on any atom is -0.300 e. The van der Waals surface area contributed by atoms with Crippen LogP contribution in [0, 0.1) is 5.92 Å². The van der Waals surface area contributed by atoms with Crippen molar-refractivity contribution in [2.45, 2.75) is 40.0 Å². The van der Waals surface area contributed by atoms with Gasteiger partial charge in [0.1, 0.15) is 5.84 Å². The van der Waals surface area contributed by atoms with Gasteiger partial charge in [0, 0.05) is 25.4 Å². The summed E-state index contributed by atoms with van der Waals surface area (Å²) in [6.45, 7) is 7.95. The van der Waals surface area contributed by atoms with Gasteiger partial charge < -0.3 is 4.90 Å². The molecule has 14 heavy (non-hydrogen) atoms. The Bertz CT molecular complexity index is 235. The molecule has 0 spiro atoms. The van der Waals surface area contributed by atoms with Crippen molar-refractivity contribution in [3.05, 3.63) is 0 Å². The molecule has 0 aliphatic carbocycles. The Morgan fingerprint density at radius 1 is 1.43 bits per heavy atom. The van der Waals surface area contributed by atoms with Gasteiger partial charge in [-0.3, -0.25) is 9.79 Å². The molecule has 1 atom stereocenters. The highest BCUT2D eigenvalue weighted by Gasteiger charge is 2.32. The van der Waals surface area contributed by atoms with Crippen molar-refractivity contribution >= 4 is 11.7 Å². The van der Waals surface area contributed by atoms with Crippen LogP contribution in [0.1, 0.15) is 40.0 Å². The van der Waals surface area contributed by atoms with E-state index in [-0.39, 0.29) is 5.91 Å². The summed E-state index contributed by atoms with van der Waals surface area (Å²) in [4.78, 5) is 17.9. The molecule has 0 N–H and O–H groups in total. The Morgan fingerprint density at radius 3 is 2.71 bits per heavy atom. The Morgan fingerprint density at radius 2 is 2.14 bits per heavy atom. The fraction of sp³-hybridized carbons (Fsp3) is 0.818. The molecule has 1 unspecified atom stereocenters. The highest BCUT2D eigenvalue weighted by molar-refractivity contribution is 6.06. The number of carbonyl (C=O) groups is 1. The summed E-state index contributed by atoms with van der Waals surface area (Å²) in [6.07, 6.45) is 2.69. The van der Waals surface area contributed by atoms with E-state index in [2.05, 4.69) is 25.8 Å². The average Bonchev–Trinajstić information content (AvgIpc) is 2.40. The molecular formula is C11H20N2O. The molecule has 1 saturated heterocycles. The maximum Gasteiger partial charge on any atom is 0.228 e. The molecule has 0 radical (unpaired) electrons. The molecule has 1 fully saturated rings. The van der Waals surface area contributed by atoms with E-state index in [4.69, 9.17) is 0 Å². The van der Waals surface area contributed by atoms with E-state index >= 15 is 0 Å². The first-order chi connectivity index (χ1) is 6.70. The minimum atomic E-state index is 0.245. The molecular weight excluding hydrogens is 176 g/mol. The van der Waals surface area contributed by atoms with Gasteiger partial charge in [0.2, 0.25) is 5.91 Å². The van der Waals surface area contributed by atoms with Crippen molar-refractivity contribution in [2.75, 3.05) is 13.1 Å². The second-order valence-electron chi connectivity index (χ2n) is 3.89. The third-order valence-electron chi connectivity index (χ3n) is 2.44. The van der Waals surface area contributed by atoms with E-state index in [0.717, 1.165) is 31.8 Å². The van der Waals surface area contributed by atoms with E-state index in [1.165, 1.54) is 0 Å². The summed E-state index contributed by atoms with van der Waals surface area (Å²) >= 11 is 0. The summed E-state index contributed by atoms with van der Waals surface area (Å²) in [7, 11) is 0. The molecule has 1 heterocycles. The second-order valence-corrected chi connectivity index (χ2v) is 3.89. The predicted molar refractivity (Wildman–Crippen MR) is 58.4 cm³/mol. The smallest absolute Gasteiger partial charge is 0.228 e. The Kier molecular flexibility index (Phi) is 4.11. The van der Waals surface area contributed by atoms with Crippen molar-refractivity contribution in [2.24, 2.45) is 10.9 Å². The molecule has 1 aliphatic rings. The lowest BCUT2D eigenvalue weighted by molar-refractivity contribution is -0.125. The Hall–Kier alpha value is -0.860. The van der Waals surface area contributed by atoms with Crippen LogP contribution in [0.4, 0.5) is 0 Å². The summed E-state index contributed by atoms with van der Waals surface area (Å²) in [5, 5.41) is 0. The van der Waals surface area contributed by atoms with E-state index in [9.17, 15) is 4.79 Å². The minimum absolute atomic E-state index is 0.245. The van der Waals surface area contributed by atoms with Crippen LogP contribution in [0.15, 0.2) is 4.99 Å². The van der Waals surface area contributed by atoms with Crippen LogP contribution in [0.5, 0.6) is 0 Å². The number of likely N-dealkylation sites (tertiary alicyclic amines) is 1. The number of amidine groups is 1. The van der Waals surface area contributed by atoms with Crippen molar-refractivity contribution < 1.29 is 4.79 Å². The van der Waals surface area contributed by atoms with Crippen molar-refractivity contribution in [3.63, 3.8) is 0 Å². The molecule has 0 saturated carbocycles. The third kappa shape index (κ3) is 2.34. The van der Waals surface area contributed by atoms with E-state index < -0.39 is 0 Å². The van der Waals surface area contributed by atoms with Gasteiger partial charge in [-0.25, -0.2) is 0 Å². The van der Waals surface area contributed by atoms with Crippen molar-refractivity contribution in [1.82, 2.24) is 4.90 Å². The second kappa shape index (κ2) is 5.13. The molecule has 0 aromatic rings. The van der Waals surface area contributed by atoms with Crippen LogP contribution in [0.2, 0.25) is 0 Å². The number of amides is 1. The number of nitrogens with zero attached hydrogens (tertiary/aromatic N) is 2. The molecule has 3 nitrogen and oxygen atoms in total. The molecule has 1 rings (SSSR count). The zero-order valence-corrected chi connectivity index (χ0v) is 9.42. The topological polar surface area (TPSA) is 32.7 Å². The van der Waals surface area contributed by atoms with Crippen LogP contribution in [0.3, 0.4) is 0 Å². The fourth-order valence-electron chi connectivity index (χ4n) is 1.79. The first-order valence-electron chi connectivity index (χ1n) is 5.55. The van der Waals surface area contributed by atoms with Crippen LogP contribution >= 0.6 is 0 Å². The monoisotopic (exact) mass is 196 g/mol. The van der Waals surface area contributed by atoms with Gasteiger partial charge in [-0.15, -0.1) is 0 Å². The Balaban J connectivity index is 2.72. The first kappa shape index (κ1) is 11.2. The lowest BCUT2D eigenvalue weighted by Gasteiger charge is -2.17. The molecule has 3 heteroatoms. The van der Waals surface area contributed by atoms with Crippen LogP contribution in [-0.2, 0) is 4.79 Å². The highest BCUT2D eigenvalue weighted by Crippen LogP contribution is 2.20. The predicted octanol–water partition coefficient (Wildman–Crippen LogP) is 2.07. The van der Waals surface area contributed by atoms with Gasteiger partial charge in [-0.05, 0) is 12.8 Å². The van der Waals surface area contributed by atoms with Crippen LogP contribution in [-0.4, -0.2) is 29.7 Å². The Labute approximate surface area is 86.2 Å². The molecule has 0 bridgehead atoms. The number of aliphatic imine (C=N–C) groups is 1. The molecule has 0 aromatic carbocycles. The number of carbonyl (C=O) groups excluding carboxylic acids is 1. The van der Waals surface area contributed by atoms with Crippen LogP contribution < -0.4 is 0 Å². The molecule has 1 amide bonds. The maximum atomic E-state index is 11.6. The maximum absolute atomic E-state index is 11.6. The zero-order valence-electron chi connectivity index (χ0n) is 9.42. The standard InChI is InChI=1S/C11H20N2O/c1-4-6-12-11-9(3)8-10(14)13(11)7-5-2/h9H,4-8H2,1-3H3. The fourth-order valence-corrected chi connectivity index (χ4v) is 1.79. The first-order valence-corrected chi connectivity index (χ1v) is 5.55. The lowest BCUT2D eigenvalue weighted by atomic mass is 10.1. The van der Waals surface area contributed by atoms with Gasteiger partial charge in [-0.2, -0.15) is 0 Å². The number of hydrogen-bond acceptors (Lipinski definition) is 2. The van der Waals surface area contributed by atoms with Crippen molar-refractivity contribution in [3.8, 4) is 0 Å². The lowest BCUT2D eigenvalue weighted by Crippen LogP contribution is -2.31. The third-order valence-corrected chi connectivity index (χ3v) is 2.44. The van der Waals surface area contributed by atoms with E-state index in [1.807, 2.05) is 4.90 Å². The molecule has 1 aliphatic heterocycles. The van der Waals surface area contributed by atoms with Gasteiger partial charge in [-0.1, -0.05) is 20.8 Å².